The van der Waals surface area contributed by atoms with E-state index in [1.165, 1.54) is 6.42 Å². The summed E-state index contributed by atoms with van der Waals surface area (Å²) >= 11 is 4.09. The molecule has 2 nitrogen and oxygen atoms in total. The van der Waals surface area contributed by atoms with E-state index >= 15 is 0 Å². The van der Waals surface area contributed by atoms with E-state index < -0.39 is 0 Å². The number of unbranched alkanes of at least 4 members (excludes halogenated alkanes) is 2. The van der Waals surface area contributed by atoms with Gasteiger partial charge >= 0.3 is 0 Å². The van der Waals surface area contributed by atoms with Gasteiger partial charge in [0.25, 0.3) is 0 Å². The predicted octanol–water partition coefficient (Wildman–Crippen LogP) is 1.57. The van der Waals surface area contributed by atoms with Crippen molar-refractivity contribution in [2.45, 2.75) is 19.3 Å². The third-order valence-corrected chi connectivity index (χ3v) is 2.10. The quantitative estimate of drug-likeness (QED) is 0.355. The van der Waals surface area contributed by atoms with Crippen molar-refractivity contribution in [3.05, 3.63) is 12.2 Å². The monoisotopic (exact) mass is 203 g/mol. The van der Waals surface area contributed by atoms with Crippen LogP contribution in [0, 0.1) is 0 Å². The van der Waals surface area contributed by atoms with E-state index in [0.29, 0.717) is 6.61 Å². The van der Waals surface area contributed by atoms with Crippen molar-refractivity contribution >= 4 is 12.6 Å². The third kappa shape index (κ3) is 9.93. The van der Waals surface area contributed by atoms with E-state index in [4.69, 9.17) is 5.11 Å². The van der Waals surface area contributed by atoms with Crippen LogP contribution in [0.1, 0.15) is 19.3 Å². The van der Waals surface area contributed by atoms with Crippen molar-refractivity contribution in [1.29, 1.82) is 0 Å². The van der Waals surface area contributed by atoms with E-state index in [9.17, 15) is 0 Å². The van der Waals surface area contributed by atoms with Crippen LogP contribution in [0.4, 0.5) is 0 Å². The molecule has 0 saturated carbocycles. The van der Waals surface area contributed by atoms with Gasteiger partial charge in [-0.3, -0.25) is 0 Å². The van der Waals surface area contributed by atoms with E-state index in [0.717, 1.165) is 31.7 Å². The first-order valence-corrected chi connectivity index (χ1v) is 5.49. The third-order valence-electron chi connectivity index (χ3n) is 1.89. The van der Waals surface area contributed by atoms with Gasteiger partial charge in [0.2, 0.25) is 0 Å². The molecule has 0 aromatic rings. The number of likely N-dealkylation sites (N-methyl/N-ethyl adjacent to an activating group) is 1. The first-order valence-electron chi connectivity index (χ1n) is 4.86. The Morgan fingerprint density at radius 3 is 2.62 bits per heavy atom. The molecule has 0 unspecified atom stereocenters. The molecule has 0 radical (unpaired) electrons. The van der Waals surface area contributed by atoms with Crippen molar-refractivity contribution in [3.8, 4) is 0 Å². The summed E-state index contributed by atoms with van der Waals surface area (Å²) in [5.41, 5.74) is 0. The van der Waals surface area contributed by atoms with E-state index in [2.05, 4.69) is 36.7 Å². The summed E-state index contributed by atoms with van der Waals surface area (Å²) in [7, 11) is 2.11. The highest BCUT2D eigenvalue weighted by Crippen LogP contribution is 1.96. The van der Waals surface area contributed by atoms with Gasteiger partial charge in [-0.15, -0.1) is 0 Å². The molecule has 3 heteroatoms. The molecule has 1 N–H and O–H groups in total. The van der Waals surface area contributed by atoms with Crippen LogP contribution in [0.2, 0.25) is 0 Å². The van der Waals surface area contributed by atoms with Crippen LogP contribution in [0.15, 0.2) is 12.2 Å². The Morgan fingerprint density at radius 1 is 1.23 bits per heavy atom. The Morgan fingerprint density at radius 2 is 2.00 bits per heavy atom. The van der Waals surface area contributed by atoms with Gasteiger partial charge in [0.15, 0.2) is 0 Å². The summed E-state index contributed by atoms with van der Waals surface area (Å²) in [4.78, 5) is 2.28. The highest BCUT2D eigenvalue weighted by molar-refractivity contribution is 7.80. The first kappa shape index (κ1) is 13.0. The highest BCUT2D eigenvalue weighted by atomic mass is 32.1. The molecule has 0 aromatic heterocycles. The highest BCUT2D eigenvalue weighted by Gasteiger charge is 1.94. The van der Waals surface area contributed by atoms with Crippen molar-refractivity contribution in [2.75, 3.05) is 32.5 Å². The maximum atomic E-state index is 8.57. The number of rotatable bonds is 8. The Hall–Kier alpha value is 0.01000. The molecule has 78 valence electrons. The summed E-state index contributed by atoms with van der Waals surface area (Å²) in [6.45, 7) is 2.43. The molecular weight excluding hydrogens is 182 g/mol. The minimum atomic E-state index is 0.323. The van der Waals surface area contributed by atoms with Crippen LogP contribution in [-0.2, 0) is 0 Å². The summed E-state index contributed by atoms with van der Waals surface area (Å²) in [6, 6.07) is 0. The lowest BCUT2D eigenvalue weighted by molar-refractivity contribution is 0.276. The number of hydrogen-bond donors (Lipinski definition) is 2. The van der Waals surface area contributed by atoms with Gasteiger partial charge in [-0.25, -0.2) is 0 Å². The fourth-order valence-electron chi connectivity index (χ4n) is 1.09. The summed E-state index contributed by atoms with van der Waals surface area (Å²) < 4.78 is 0. The van der Waals surface area contributed by atoms with Gasteiger partial charge in [-0.05, 0) is 32.9 Å². The average molecular weight is 203 g/mol. The second-order valence-corrected chi connectivity index (χ2v) is 3.57. The van der Waals surface area contributed by atoms with Gasteiger partial charge in [-0.1, -0.05) is 12.2 Å². The normalized spacial score (nSPS) is 11.7. The summed E-state index contributed by atoms with van der Waals surface area (Å²) in [5.74, 6) is 0.818. The number of aliphatic hydroxyl groups is 1. The van der Waals surface area contributed by atoms with E-state index in [1.54, 1.807) is 0 Å². The molecule has 0 aromatic carbocycles. The smallest absolute Gasteiger partial charge is 0.0431 e. The molecule has 0 saturated heterocycles. The molecule has 0 aliphatic rings. The van der Waals surface area contributed by atoms with Crippen LogP contribution in [0.5, 0.6) is 0 Å². The number of hydrogen-bond acceptors (Lipinski definition) is 3. The fraction of sp³-hybridized carbons (Fsp3) is 0.800. The van der Waals surface area contributed by atoms with Crippen molar-refractivity contribution in [1.82, 2.24) is 4.90 Å². The zero-order valence-electron chi connectivity index (χ0n) is 8.45. The SMILES string of the molecule is CN(C/C=C/CS)CCCCCO. The Balaban J connectivity index is 3.19. The molecular formula is C10H21NOS. The minimum Gasteiger partial charge on any atom is -0.396 e. The lowest BCUT2D eigenvalue weighted by Gasteiger charge is -2.13. The molecule has 13 heavy (non-hydrogen) atoms. The van der Waals surface area contributed by atoms with Crippen LogP contribution < -0.4 is 0 Å². The molecule has 0 heterocycles. The van der Waals surface area contributed by atoms with Gasteiger partial charge in [0.1, 0.15) is 0 Å². The summed E-state index contributed by atoms with van der Waals surface area (Å²) in [5, 5.41) is 8.57. The van der Waals surface area contributed by atoms with Gasteiger partial charge in [-0.2, -0.15) is 12.6 Å². The first-order chi connectivity index (χ1) is 6.31. The number of aliphatic hydroxyl groups excluding tert-OH is 1. The fourth-order valence-corrected chi connectivity index (χ4v) is 1.24. The van der Waals surface area contributed by atoms with Crippen LogP contribution in [0.3, 0.4) is 0 Å². The van der Waals surface area contributed by atoms with Gasteiger partial charge in [0.05, 0.1) is 0 Å². The molecule has 0 aliphatic heterocycles. The van der Waals surface area contributed by atoms with E-state index in [-0.39, 0.29) is 0 Å². The maximum Gasteiger partial charge on any atom is 0.0431 e. The molecule has 0 atom stereocenters. The zero-order valence-corrected chi connectivity index (χ0v) is 9.34. The molecule has 0 spiro atoms. The number of thiol groups is 1. The Labute approximate surface area is 87.0 Å². The lowest BCUT2D eigenvalue weighted by atomic mass is 10.2. The minimum absolute atomic E-state index is 0.323. The molecule has 0 bridgehead atoms. The van der Waals surface area contributed by atoms with Gasteiger partial charge < -0.3 is 10.0 Å². The zero-order chi connectivity index (χ0) is 9.94. The van der Waals surface area contributed by atoms with Crippen molar-refractivity contribution < 1.29 is 5.11 Å². The van der Waals surface area contributed by atoms with Crippen LogP contribution >= 0.6 is 12.6 Å². The van der Waals surface area contributed by atoms with Crippen molar-refractivity contribution in [2.24, 2.45) is 0 Å². The number of nitrogens with zero attached hydrogens (tertiary/aromatic N) is 1. The van der Waals surface area contributed by atoms with E-state index in [1.807, 2.05) is 0 Å². The molecule has 0 rings (SSSR count). The summed E-state index contributed by atoms with van der Waals surface area (Å²) in [6.07, 6.45) is 7.43. The maximum absolute atomic E-state index is 8.57. The Bertz CT molecular complexity index is 128. The second kappa shape index (κ2) is 10.1. The van der Waals surface area contributed by atoms with Crippen LogP contribution in [-0.4, -0.2) is 42.5 Å². The lowest BCUT2D eigenvalue weighted by Crippen LogP contribution is -2.19. The second-order valence-electron chi connectivity index (χ2n) is 3.20. The molecule has 0 fully saturated rings. The largest absolute Gasteiger partial charge is 0.396 e. The molecule has 0 amide bonds. The average Bonchev–Trinajstić information content (AvgIpc) is 2.13. The van der Waals surface area contributed by atoms with Crippen LogP contribution in [0.25, 0.3) is 0 Å². The Kier molecular flexibility index (Phi) is 10.1. The standard InChI is InChI=1S/C10H21NOS/c1-11(8-4-6-10-13)7-3-2-5-9-12/h4,6,12-13H,2-3,5,7-10H2,1H3/b6-4+. The topological polar surface area (TPSA) is 23.5 Å². The predicted molar refractivity (Wildman–Crippen MR) is 61.4 cm³/mol. The molecule has 0 aliphatic carbocycles. The van der Waals surface area contributed by atoms with Gasteiger partial charge in [0, 0.05) is 18.9 Å². The van der Waals surface area contributed by atoms with Crippen molar-refractivity contribution in [3.63, 3.8) is 0 Å².